The molecule has 0 atom stereocenters. The lowest BCUT2D eigenvalue weighted by atomic mass is 9.95. The van der Waals surface area contributed by atoms with Gasteiger partial charge >= 0.3 is 0 Å². The Morgan fingerprint density at radius 2 is 1.75 bits per heavy atom. The zero-order valence-corrected chi connectivity index (χ0v) is 7.15. The minimum absolute atomic E-state index is 0.275. The monoisotopic (exact) mass is 165 g/mol. The molecule has 1 rings (SSSR count). The highest BCUT2D eigenvalue weighted by atomic mass is 16.6. The van der Waals surface area contributed by atoms with Gasteiger partial charge in [-0.1, -0.05) is 30.3 Å². The molecule has 0 radical (unpaired) electrons. The number of hydrogen-bond acceptors (Lipinski definition) is 2. The van der Waals surface area contributed by atoms with Crippen LogP contribution in [0.15, 0.2) is 30.3 Å². The van der Waals surface area contributed by atoms with Crippen LogP contribution in [0.2, 0.25) is 0 Å². The second-order valence-electron chi connectivity index (χ2n) is 3.18. The van der Waals surface area contributed by atoms with Gasteiger partial charge in [0.2, 0.25) is 5.54 Å². The lowest BCUT2D eigenvalue weighted by Crippen LogP contribution is -2.27. The summed E-state index contributed by atoms with van der Waals surface area (Å²) < 4.78 is 0. The van der Waals surface area contributed by atoms with Gasteiger partial charge in [-0.15, -0.1) is 0 Å². The zero-order chi connectivity index (χ0) is 9.19. The highest BCUT2D eigenvalue weighted by Gasteiger charge is 2.32. The van der Waals surface area contributed by atoms with Crippen LogP contribution < -0.4 is 0 Å². The van der Waals surface area contributed by atoms with Gasteiger partial charge in [0.25, 0.3) is 0 Å². The molecule has 1 aromatic rings. The first-order chi connectivity index (χ1) is 5.55. The molecule has 1 aromatic carbocycles. The van der Waals surface area contributed by atoms with Crippen LogP contribution in [-0.4, -0.2) is 4.92 Å². The van der Waals surface area contributed by atoms with E-state index in [9.17, 15) is 10.1 Å². The van der Waals surface area contributed by atoms with Gasteiger partial charge in [-0.2, -0.15) is 0 Å². The summed E-state index contributed by atoms with van der Waals surface area (Å²) in [6.07, 6.45) is 0. The Bertz CT molecular complexity index is 280. The van der Waals surface area contributed by atoms with E-state index in [0.717, 1.165) is 5.56 Å². The second-order valence-corrected chi connectivity index (χ2v) is 3.18. The van der Waals surface area contributed by atoms with Crippen molar-refractivity contribution in [2.75, 3.05) is 0 Å². The van der Waals surface area contributed by atoms with E-state index in [1.54, 1.807) is 38.1 Å². The maximum absolute atomic E-state index is 10.6. The molecule has 0 saturated carbocycles. The zero-order valence-electron chi connectivity index (χ0n) is 7.15. The van der Waals surface area contributed by atoms with Crippen molar-refractivity contribution in [2.45, 2.75) is 19.4 Å². The summed E-state index contributed by atoms with van der Waals surface area (Å²) in [4.78, 5) is 10.4. The average Bonchev–Trinajstić information content (AvgIpc) is 2.06. The molecule has 0 spiro atoms. The van der Waals surface area contributed by atoms with Gasteiger partial charge in [-0.05, 0) is 0 Å². The summed E-state index contributed by atoms with van der Waals surface area (Å²) in [6.45, 7) is 3.20. The third-order valence-electron chi connectivity index (χ3n) is 1.94. The summed E-state index contributed by atoms with van der Waals surface area (Å²) in [5.74, 6) is 0. The van der Waals surface area contributed by atoms with Crippen LogP contribution in [0.1, 0.15) is 19.4 Å². The van der Waals surface area contributed by atoms with E-state index in [-0.39, 0.29) is 4.92 Å². The highest BCUT2D eigenvalue weighted by molar-refractivity contribution is 5.20. The van der Waals surface area contributed by atoms with E-state index in [0.29, 0.717) is 0 Å². The van der Waals surface area contributed by atoms with E-state index in [4.69, 9.17) is 0 Å². The molecule has 0 heterocycles. The van der Waals surface area contributed by atoms with E-state index in [1.807, 2.05) is 6.07 Å². The van der Waals surface area contributed by atoms with Crippen molar-refractivity contribution >= 4 is 0 Å². The SMILES string of the molecule is CC(C)(c1ccccc1)[N+](=O)[O-]. The van der Waals surface area contributed by atoms with Crippen molar-refractivity contribution in [1.82, 2.24) is 0 Å². The Morgan fingerprint density at radius 1 is 1.25 bits per heavy atom. The van der Waals surface area contributed by atoms with E-state index < -0.39 is 5.54 Å². The molecular weight excluding hydrogens is 154 g/mol. The molecule has 3 heteroatoms. The highest BCUT2D eigenvalue weighted by Crippen LogP contribution is 2.22. The fourth-order valence-corrected chi connectivity index (χ4v) is 0.951. The third-order valence-corrected chi connectivity index (χ3v) is 1.94. The lowest BCUT2D eigenvalue weighted by molar-refractivity contribution is -0.569. The predicted octanol–water partition coefficient (Wildman–Crippen LogP) is 2.20. The molecule has 0 fully saturated rings. The van der Waals surface area contributed by atoms with Crippen LogP contribution in [0, 0.1) is 10.1 Å². The molecule has 0 aliphatic rings. The quantitative estimate of drug-likeness (QED) is 0.498. The summed E-state index contributed by atoms with van der Waals surface area (Å²) >= 11 is 0. The molecule has 0 aliphatic heterocycles. The maximum atomic E-state index is 10.6. The Labute approximate surface area is 71.2 Å². The van der Waals surface area contributed by atoms with E-state index >= 15 is 0 Å². The Kier molecular flexibility index (Phi) is 2.13. The summed E-state index contributed by atoms with van der Waals surface area (Å²) in [6, 6.07) is 8.99. The van der Waals surface area contributed by atoms with Crippen LogP contribution in [0.4, 0.5) is 0 Å². The topological polar surface area (TPSA) is 43.1 Å². The van der Waals surface area contributed by atoms with Gasteiger partial charge in [0.15, 0.2) is 0 Å². The third kappa shape index (κ3) is 1.44. The van der Waals surface area contributed by atoms with E-state index in [2.05, 4.69) is 0 Å². The lowest BCUT2D eigenvalue weighted by Gasteiger charge is -2.15. The fraction of sp³-hybridized carbons (Fsp3) is 0.333. The standard InChI is InChI=1S/C9H11NO2/c1-9(2,10(11)12)8-6-4-3-5-7-8/h3-7H,1-2H3. The number of nitrogens with zero attached hydrogens (tertiary/aromatic N) is 1. The molecule has 64 valence electrons. The predicted molar refractivity (Wildman–Crippen MR) is 46.5 cm³/mol. The van der Waals surface area contributed by atoms with E-state index in [1.165, 1.54) is 0 Å². The van der Waals surface area contributed by atoms with Crippen LogP contribution in [0.3, 0.4) is 0 Å². The van der Waals surface area contributed by atoms with Crippen LogP contribution >= 0.6 is 0 Å². The molecule has 0 saturated heterocycles. The van der Waals surface area contributed by atoms with Gasteiger partial charge in [0, 0.05) is 24.3 Å². The van der Waals surface area contributed by atoms with Crippen LogP contribution in [0.5, 0.6) is 0 Å². The number of nitro groups is 1. The smallest absolute Gasteiger partial charge is 0.241 e. The largest absolute Gasteiger partial charge is 0.264 e. The molecule has 0 bridgehead atoms. The first-order valence-corrected chi connectivity index (χ1v) is 3.75. The Hall–Kier alpha value is -1.38. The first-order valence-electron chi connectivity index (χ1n) is 3.75. The van der Waals surface area contributed by atoms with Crippen molar-refractivity contribution in [1.29, 1.82) is 0 Å². The molecule has 0 amide bonds. The van der Waals surface area contributed by atoms with Crippen LogP contribution in [-0.2, 0) is 5.54 Å². The van der Waals surface area contributed by atoms with Crippen molar-refractivity contribution in [3.05, 3.63) is 46.0 Å². The summed E-state index contributed by atoms with van der Waals surface area (Å²) in [7, 11) is 0. The number of hydrogen-bond donors (Lipinski definition) is 0. The van der Waals surface area contributed by atoms with Crippen molar-refractivity contribution in [3.8, 4) is 0 Å². The fourth-order valence-electron chi connectivity index (χ4n) is 0.951. The van der Waals surface area contributed by atoms with Crippen molar-refractivity contribution in [3.63, 3.8) is 0 Å². The van der Waals surface area contributed by atoms with Gasteiger partial charge < -0.3 is 0 Å². The molecule has 0 aromatic heterocycles. The molecular formula is C9H11NO2. The Balaban J connectivity index is 3.06. The molecule has 12 heavy (non-hydrogen) atoms. The minimum atomic E-state index is -0.985. The van der Waals surface area contributed by atoms with Crippen molar-refractivity contribution in [2.24, 2.45) is 0 Å². The summed E-state index contributed by atoms with van der Waals surface area (Å²) in [5.41, 5.74) is -0.253. The van der Waals surface area contributed by atoms with Gasteiger partial charge in [0.05, 0.1) is 0 Å². The van der Waals surface area contributed by atoms with Crippen LogP contribution in [0.25, 0.3) is 0 Å². The molecule has 0 unspecified atom stereocenters. The second kappa shape index (κ2) is 2.93. The summed E-state index contributed by atoms with van der Waals surface area (Å²) in [5, 5.41) is 10.6. The minimum Gasteiger partial charge on any atom is -0.264 e. The maximum Gasteiger partial charge on any atom is 0.241 e. The average molecular weight is 165 g/mol. The molecule has 0 aliphatic carbocycles. The van der Waals surface area contributed by atoms with Gasteiger partial charge in [-0.3, -0.25) is 10.1 Å². The first kappa shape index (κ1) is 8.71. The van der Waals surface area contributed by atoms with Gasteiger partial charge in [0.1, 0.15) is 0 Å². The number of rotatable bonds is 2. The molecule has 3 nitrogen and oxygen atoms in total. The number of benzene rings is 1. The Morgan fingerprint density at radius 3 is 2.17 bits per heavy atom. The van der Waals surface area contributed by atoms with Crippen molar-refractivity contribution < 1.29 is 4.92 Å². The van der Waals surface area contributed by atoms with Gasteiger partial charge in [-0.25, -0.2) is 0 Å². The molecule has 0 N–H and O–H groups in total. The normalized spacial score (nSPS) is 11.2.